The van der Waals surface area contributed by atoms with E-state index in [4.69, 9.17) is 14.5 Å². The highest BCUT2D eigenvalue weighted by molar-refractivity contribution is 8.14. The van der Waals surface area contributed by atoms with Gasteiger partial charge in [-0.15, -0.1) is 11.8 Å². The van der Waals surface area contributed by atoms with Crippen LogP contribution < -0.4 is 10.1 Å². The first-order valence-corrected chi connectivity index (χ1v) is 22.1. The lowest BCUT2D eigenvalue weighted by Crippen LogP contribution is -2.59. The summed E-state index contributed by atoms with van der Waals surface area (Å²) >= 11 is 1.60. The number of esters is 1. The van der Waals surface area contributed by atoms with E-state index in [0.717, 1.165) is 10.6 Å². The van der Waals surface area contributed by atoms with Crippen LogP contribution >= 0.6 is 11.8 Å². The van der Waals surface area contributed by atoms with Crippen LogP contribution in [0.4, 0.5) is 0 Å². The number of likely N-dealkylation sites (N-methyl/N-ethyl adjacent to an activating group) is 2. The van der Waals surface area contributed by atoms with Crippen LogP contribution in [-0.4, -0.2) is 130 Å². The van der Waals surface area contributed by atoms with E-state index < -0.39 is 59.6 Å². The number of cyclic esters (lactones) is 1. The standard InChI is InChI=1S/C44H69N5O8S/c1-12-27(3)38-42(54)49-21-13-14-34(49)43(55)57-36(44(6,7)8)23-26(2)22-35(50)28(4)39-45-31(25-58-39)17-20-37(51)46-33(24-30-15-18-32(56-11)19-16-30)41(53)47(9)29(5)40(52)48(38)10/h15-16,18-19,26-29,31,33-36,38,50H,12-14,17,20-25H2,1-11H3,(H,46,51)/t26-,27-,28+,29-,31-,33-,34-,35-,36-,38?/m0/s1. The summed E-state index contributed by atoms with van der Waals surface area (Å²) in [5.74, 6) is -1.06. The molecule has 13 nitrogen and oxygen atoms in total. The van der Waals surface area contributed by atoms with Gasteiger partial charge in [-0.3, -0.25) is 24.2 Å². The number of fused-ring (bicyclic) bond motifs is 2. The largest absolute Gasteiger partial charge is 0.497 e. The van der Waals surface area contributed by atoms with E-state index in [1.807, 2.05) is 53.7 Å². The van der Waals surface area contributed by atoms with E-state index in [9.17, 15) is 29.1 Å². The number of benzene rings is 1. The van der Waals surface area contributed by atoms with Gasteiger partial charge in [0.15, 0.2) is 0 Å². The van der Waals surface area contributed by atoms with Crippen LogP contribution in [0, 0.1) is 23.2 Å². The Hall–Kier alpha value is -3.65. The molecule has 4 rings (SSSR count). The average Bonchev–Trinajstić information content (AvgIpc) is 3.88. The molecular formula is C44H69N5O8S. The molecule has 0 radical (unpaired) electrons. The van der Waals surface area contributed by atoms with Gasteiger partial charge in [-0.25, -0.2) is 4.79 Å². The number of ether oxygens (including phenoxy) is 2. The van der Waals surface area contributed by atoms with E-state index in [0.29, 0.717) is 56.6 Å². The van der Waals surface area contributed by atoms with Gasteiger partial charge in [-0.05, 0) is 74.0 Å². The van der Waals surface area contributed by atoms with Crippen molar-refractivity contribution in [3.8, 4) is 5.75 Å². The summed E-state index contributed by atoms with van der Waals surface area (Å²) < 4.78 is 11.6. The fourth-order valence-corrected chi connectivity index (χ4v) is 9.38. The fraction of sp³-hybridized carbons (Fsp3) is 0.727. The molecule has 3 aliphatic rings. The van der Waals surface area contributed by atoms with Crippen molar-refractivity contribution in [3.63, 3.8) is 0 Å². The number of aliphatic imine (C=N–C) groups is 1. The Labute approximate surface area is 350 Å². The monoisotopic (exact) mass is 827 g/mol. The summed E-state index contributed by atoms with van der Waals surface area (Å²) in [4.78, 5) is 80.0. The Morgan fingerprint density at radius 1 is 0.983 bits per heavy atom. The fourth-order valence-electron chi connectivity index (χ4n) is 8.13. The second kappa shape index (κ2) is 20.5. The average molecular weight is 828 g/mol. The molecule has 0 aliphatic carbocycles. The van der Waals surface area contributed by atoms with Gasteiger partial charge < -0.3 is 34.6 Å². The van der Waals surface area contributed by atoms with Crippen molar-refractivity contribution >= 4 is 46.4 Å². The maximum Gasteiger partial charge on any atom is 0.329 e. The van der Waals surface area contributed by atoms with Crippen LogP contribution in [0.5, 0.6) is 5.75 Å². The number of nitrogens with one attached hydrogen (secondary N) is 1. The molecule has 10 atom stereocenters. The summed E-state index contributed by atoms with van der Waals surface area (Å²) in [7, 11) is 4.70. The zero-order chi connectivity index (χ0) is 43.1. The molecule has 2 N–H and O–H groups in total. The Bertz CT molecular complexity index is 1630. The normalized spacial score (nSPS) is 31.2. The molecule has 14 heteroatoms. The third kappa shape index (κ3) is 11.8. The van der Waals surface area contributed by atoms with Gasteiger partial charge in [-0.1, -0.05) is 67.0 Å². The zero-order valence-corrected chi connectivity index (χ0v) is 37.5. The number of carbonyl (C=O) groups is 5. The summed E-state index contributed by atoms with van der Waals surface area (Å²) in [5.41, 5.74) is 0.396. The first-order valence-electron chi connectivity index (χ1n) is 21.1. The number of aliphatic hydroxyl groups excluding tert-OH is 1. The van der Waals surface area contributed by atoms with Crippen molar-refractivity contribution in [2.75, 3.05) is 33.5 Å². The van der Waals surface area contributed by atoms with E-state index in [-0.39, 0.29) is 48.5 Å². The molecule has 324 valence electrons. The highest BCUT2D eigenvalue weighted by Crippen LogP contribution is 2.34. The van der Waals surface area contributed by atoms with Crippen molar-refractivity contribution < 1.29 is 38.6 Å². The molecule has 0 saturated carbocycles. The zero-order valence-electron chi connectivity index (χ0n) is 36.7. The molecule has 4 amide bonds. The van der Waals surface area contributed by atoms with Gasteiger partial charge in [0.2, 0.25) is 23.6 Å². The SMILES string of the molecule is CC[C@H](C)C1C(=O)N2CCC[C@H]2C(=O)O[C@H](C(C)(C)C)C[C@@H](C)C[C@H](O)[C@@H](C)C2=N[C@@H](CCC(=O)N[C@@H](Cc3ccc(OC)cc3)C(=O)N(C)[C@@H](C)C(=O)N1C)CS2. The Kier molecular flexibility index (Phi) is 16.7. The number of amides is 4. The number of thioether (sulfide) groups is 1. The summed E-state index contributed by atoms with van der Waals surface area (Å²) in [5, 5.41) is 15.2. The Morgan fingerprint density at radius 2 is 1.66 bits per heavy atom. The molecule has 2 bridgehead atoms. The van der Waals surface area contributed by atoms with Crippen LogP contribution in [0.1, 0.15) is 106 Å². The van der Waals surface area contributed by atoms with Crippen molar-refractivity contribution in [3.05, 3.63) is 29.8 Å². The molecule has 3 heterocycles. The summed E-state index contributed by atoms with van der Waals surface area (Å²) in [6.07, 6.45) is 2.36. The maximum absolute atomic E-state index is 14.6. The quantitative estimate of drug-likeness (QED) is 0.385. The number of hydrogen-bond acceptors (Lipinski definition) is 10. The maximum atomic E-state index is 14.6. The predicted molar refractivity (Wildman–Crippen MR) is 227 cm³/mol. The molecule has 1 aromatic carbocycles. The smallest absolute Gasteiger partial charge is 0.329 e. The minimum Gasteiger partial charge on any atom is -0.497 e. The predicted octanol–water partition coefficient (Wildman–Crippen LogP) is 5.11. The van der Waals surface area contributed by atoms with Crippen molar-refractivity contribution in [2.24, 2.45) is 28.2 Å². The minimum absolute atomic E-state index is 0.0138. The van der Waals surface area contributed by atoms with Crippen LogP contribution in [-0.2, 0) is 35.1 Å². The molecule has 1 aromatic rings. The highest BCUT2D eigenvalue weighted by Gasteiger charge is 2.44. The van der Waals surface area contributed by atoms with Crippen LogP contribution in [0.2, 0.25) is 0 Å². The first-order chi connectivity index (χ1) is 27.3. The summed E-state index contributed by atoms with van der Waals surface area (Å²) in [6, 6.07) is 3.51. The number of methoxy groups -OCH3 is 1. The molecule has 1 unspecified atom stereocenters. The van der Waals surface area contributed by atoms with E-state index >= 15 is 0 Å². The van der Waals surface area contributed by atoms with Gasteiger partial charge >= 0.3 is 5.97 Å². The van der Waals surface area contributed by atoms with Gasteiger partial charge in [-0.2, -0.15) is 0 Å². The third-order valence-electron chi connectivity index (χ3n) is 12.4. The van der Waals surface area contributed by atoms with E-state index in [2.05, 4.69) is 12.2 Å². The summed E-state index contributed by atoms with van der Waals surface area (Å²) in [6.45, 7) is 16.0. The Morgan fingerprint density at radius 3 is 2.28 bits per heavy atom. The Balaban J connectivity index is 1.69. The first kappa shape index (κ1) is 47.0. The lowest BCUT2D eigenvalue weighted by molar-refractivity contribution is -0.166. The van der Waals surface area contributed by atoms with E-state index in [1.54, 1.807) is 56.9 Å². The van der Waals surface area contributed by atoms with Gasteiger partial charge in [0, 0.05) is 45.2 Å². The molecule has 3 aliphatic heterocycles. The molecule has 1 fully saturated rings. The molecule has 1 saturated heterocycles. The minimum atomic E-state index is -0.976. The second-order valence-electron chi connectivity index (χ2n) is 18.0. The van der Waals surface area contributed by atoms with Crippen molar-refractivity contribution in [2.45, 2.75) is 149 Å². The molecule has 58 heavy (non-hydrogen) atoms. The number of aliphatic hydroxyl groups is 1. The van der Waals surface area contributed by atoms with Gasteiger partial charge in [0.25, 0.3) is 0 Å². The lowest BCUT2D eigenvalue weighted by Gasteiger charge is -2.39. The molecule has 0 aromatic heterocycles. The van der Waals surface area contributed by atoms with Crippen LogP contribution in [0.15, 0.2) is 29.3 Å². The number of hydrogen-bond donors (Lipinski definition) is 2. The second-order valence-corrected chi connectivity index (χ2v) is 19.0. The van der Waals surface area contributed by atoms with Gasteiger partial charge in [0.05, 0.1) is 24.3 Å². The lowest BCUT2D eigenvalue weighted by atomic mass is 9.81. The molecule has 0 spiro atoms. The van der Waals surface area contributed by atoms with E-state index in [1.165, 1.54) is 9.80 Å². The van der Waals surface area contributed by atoms with Crippen molar-refractivity contribution in [1.29, 1.82) is 0 Å². The number of rotatable bonds is 5. The number of nitrogens with zero attached hydrogens (tertiary/aromatic N) is 4. The van der Waals surface area contributed by atoms with Crippen LogP contribution in [0.25, 0.3) is 0 Å². The number of carbonyl (C=O) groups excluding carboxylic acids is 5. The van der Waals surface area contributed by atoms with Gasteiger partial charge in [0.1, 0.15) is 36.0 Å². The third-order valence-corrected chi connectivity index (χ3v) is 13.7. The topological polar surface area (TPSA) is 158 Å². The molecular weight excluding hydrogens is 759 g/mol. The highest BCUT2D eigenvalue weighted by atomic mass is 32.2. The van der Waals surface area contributed by atoms with Crippen LogP contribution in [0.3, 0.4) is 0 Å². The van der Waals surface area contributed by atoms with Crippen molar-refractivity contribution in [1.82, 2.24) is 20.0 Å².